The second kappa shape index (κ2) is 8.26. The molecule has 1 amide bonds. The third-order valence-electron chi connectivity index (χ3n) is 5.90. The van der Waals surface area contributed by atoms with Crippen LogP contribution < -0.4 is 9.62 Å². The van der Waals surface area contributed by atoms with Gasteiger partial charge in [-0.1, -0.05) is 30.3 Å². The van der Waals surface area contributed by atoms with Crippen LogP contribution in [-0.2, 0) is 27.8 Å². The van der Waals surface area contributed by atoms with E-state index in [0.29, 0.717) is 13.0 Å². The third-order valence-corrected chi connectivity index (χ3v) is 7.31. The van der Waals surface area contributed by atoms with Gasteiger partial charge in [0.1, 0.15) is 0 Å². The molecule has 2 aromatic carbocycles. The minimum absolute atomic E-state index is 0.0147. The Balaban J connectivity index is 1.47. The van der Waals surface area contributed by atoms with Crippen molar-refractivity contribution in [2.45, 2.75) is 30.7 Å². The van der Waals surface area contributed by atoms with Crippen molar-refractivity contribution < 1.29 is 13.2 Å². The average Bonchev–Trinajstić information content (AvgIpc) is 3.17. The number of sulfonamides is 1. The number of benzene rings is 2. The third kappa shape index (κ3) is 4.22. The van der Waals surface area contributed by atoms with Gasteiger partial charge in [0.2, 0.25) is 15.9 Å². The van der Waals surface area contributed by atoms with E-state index >= 15 is 0 Å². The number of hydrogen-bond donors (Lipinski definition) is 1. The van der Waals surface area contributed by atoms with E-state index in [1.807, 2.05) is 23.1 Å². The fourth-order valence-electron chi connectivity index (χ4n) is 4.35. The first kappa shape index (κ1) is 20.1. The first-order chi connectivity index (χ1) is 14.0. The van der Waals surface area contributed by atoms with Gasteiger partial charge in [0.05, 0.1) is 10.8 Å². The summed E-state index contributed by atoms with van der Waals surface area (Å²) < 4.78 is 26.5. The van der Waals surface area contributed by atoms with E-state index in [9.17, 15) is 13.2 Å². The van der Waals surface area contributed by atoms with Crippen LogP contribution in [0.4, 0.5) is 5.69 Å². The lowest BCUT2D eigenvalue weighted by molar-refractivity contribution is -0.124. The number of rotatable bonds is 5. The molecule has 29 heavy (non-hydrogen) atoms. The highest BCUT2D eigenvalue weighted by molar-refractivity contribution is 7.89. The maximum Gasteiger partial charge on any atom is 0.240 e. The Hall–Kier alpha value is -2.22. The lowest BCUT2D eigenvalue weighted by Crippen LogP contribution is -2.44. The monoisotopic (exact) mass is 413 g/mol. The lowest BCUT2D eigenvalue weighted by Gasteiger charge is -2.34. The molecule has 2 aromatic rings. The molecule has 0 aromatic heterocycles. The number of anilines is 1. The van der Waals surface area contributed by atoms with E-state index in [4.69, 9.17) is 0 Å². The molecule has 154 valence electrons. The van der Waals surface area contributed by atoms with Crippen molar-refractivity contribution in [2.75, 3.05) is 31.6 Å². The van der Waals surface area contributed by atoms with Crippen LogP contribution in [0.5, 0.6) is 0 Å². The van der Waals surface area contributed by atoms with Crippen LogP contribution >= 0.6 is 0 Å². The van der Waals surface area contributed by atoms with Gasteiger partial charge in [-0.05, 0) is 62.2 Å². The molecule has 1 N–H and O–H groups in total. The maximum atomic E-state index is 13.3. The van der Waals surface area contributed by atoms with Crippen LogP contribution in [0.3, 0.4) is 0 Å². The predicted octanol–water partition coefficient (Wildman–Crippen LogP) is 2.40. The Labute approximate surface area is 172 Å². The van der Waals surface area contributed by atoms with Gasteiger partial charge in [-0.15, -0.1) is 0 Å². The summed E-state index contributed by atoms with van der Waals surface area (Å²) in [6, 6.07) is 15.4. The first-order valence-corrected chi connectivity index (χ1v) is 11.6. The molecule has 0 radical (unpaired) electrons. The summed E-state index contributed by atoms with van der Waals surface area (Å²) in [5, 5.41) is 0. The minimum atomic E-state index is -3.48. The second-order valence-corrected chi connectivity index (χ2v) is 9.68. The molecule has 2 heterocycles. The van der Waals surface area contributed by atoms with Gasteiger partial charge in [-0.25, -0.2) is 13.1 Å². The SMILES string of the molecule is CNS(=O)(=O)c1ccc2c(c1)CCN2C(=O)C1CCCN(Cc2ccccc2)C1. The number of carbonyl (C=O) groups excluding carboxylic acids is 1. The predicted molar refractivity (Wildman–Crippen MR) is 113 cm³/mol. The fraction of sp³-hybridized carbons (Fsp3) is 0.409. The zero-order valence-electron chi connectivity index (χ0n) is 16.7. The van der Waals surface area contributed by atoms with Gasteiger partial charge in [0.15, 0.2) is 0 Å². The fourth-order valence-corrected chi connectivity index (χ4v) is 5.14. The number of piperidine rings is 1. The van der Waals surface area contributed by atoms with Gasteiger partial charge >= 0.3 is 0 Å². The number of hydrogen-bond acceptors (Lipinski definition) is 4. The van der Waals surface area contributed by atoms with Crippen molar-refractivity contribution in [3.05, 3.63) is 59.7 Å². The van der Waals surface area contributed by atoms with E-state index in [1.54, 1.807) is 18.2 Å². The zero-order valence-corrected chi connectivity index (χ0v) is 17.5. The first-order valence-electron chi connectivity index (χ1n) is 10.1. The number of fused-ring (bicyclic) bond motifs is 1. The highest BCUT2D eigenvalue weighted by Gasteiger charge is 2.33. The van der Waals surface area contributed by atoms with E-state index in [-0.39, 0.29) is 16.7 Å². The summed E-state index contributed by atoms with van der Waals surface area (Å²) >= 11 is 0. The molecule has 0 spiro atoms. The molecule has 4 rings (SSSR count). The standard InChI is InChI=1S/C22H27N3O3S/c1-23-29(27,28)20-9-10-21-18(14-20)11-13-25(21)22(26)19-8-5-12-24(16-19)15-17-6-3-2-4-7-17/h2-4,6-7,9-10,14,19,23H,5,8,11-13,15-16H2,1H3. The molecule has 0 bridgehead atoms. The molecule has 0 saturated carbocycles. The second-order valence-electron chi connectivity index (χ2n) is 7.80. The minimum Gasteiger partial charge on any atom is -0.312 e. The van der Waals surface area contributed by atoms with Gasteiger partial charge in [-0.2, -0.15) is 0 Å². The van der Waals surface area contributed by atoms with Crippen molar-refractivity contribution >= 4 is 21.6 Å². The Bertz CT molecular complexity index is 992. The van der Waals surface area contributed by atoms with Gasteiger partial charge in [0, 0.05) is 25.3 Å². The topological polar surface area (TPSA) is 69.7 Å². The summed E-state index contributed by atoms with van der Waals surface area (Å²) in [5.41, 5.74) is 3.04. The van der Waals surface area contributed by atoms with Crippen LogP contribution in [0.25, 0.3) is 0 Å². The van der Waals surface area contributed by atoms with Gasteiger partial charge in [0.25, 0.3) is 0 Å². The lowest BCUT2D eigenvalue weighted by atomic mass is 9.96. The molecule has 1 unspecified atom stereocenters. The molecule has 1 fully saturated rings. The highest BCUT2D eigenvalue weighted by Crippen LogP contribution is 2.32. The van der Waals surface area contributed by atoms with Crippen LogP contribution in [0.15, 0.2) is 53.4 Å². The molecule has 2 aliphatic heterocycles. The Morgan fingerprint density at radius 3 is 2.69 bits per heavy atom. The molecule has 0 aliphatic carbocycles. The van der Waals surface area contributed by atoms with Crippen LogP contribution in [0.2, 0.25) is 0 Å². The summed E-state index contributed by atoms with van der Waals surface area (Å²) in [6.07, 6.45) is 2.61. The Morgan fingerprint density at radius 1 is 1.14 bits per heavy atom. The van der Waals surface area contributed by atoms with Crippen molar-refractivity contribution in [3.63, 3.8) is 0 Å². The van der Waals surface area contributed by atoms with Crippen molar-refractivity contribution in [1.82, 2.24) is 9.62 Å². The summed E-state index contributed by atoms with van der Waals surface area (Å²) in [7, 11) is -2.07. The van der Waals surface area contributed by atoms with Crippen molar-refractivity contribution in [1.29, 1.82) is 0 Å². The van der Waals surface area contributed by atoms with E-state index in [2.05, 4.69) is 21.8 Å². The summed E-state index contributed by atoms with van der Waals surface area (Å²) in [5.74, 6) is 0.143. The number of likely N-dealkylation sites (tertiary alicyclic amines) is 1. The summed E-state index contributed by atoms with van der Waals surface area (Å²) in [4.78, 5) is 17.7. The molecule has 2 aliphatic rings. The highest BCUT2D eigenvalue weighted by atomic mass is 32.2. The van der Waals surface area contributed by atoms with Crippen molar-refractivity contribution in [3.8, 4) is 0 Å². The van der Waals surface area contributed by atoms with Gasteiger partial charge < -0.3 is 4.90 Å². The molecule has 1 atom stereocenters. The molecule has 1 saturated heterocycles. The summed E-state index contributed by atoms with van der Waals surface area (Å²) in [6.45, 7) is 3.27. The van der Waals surface area contributed by atoms with Crippen molar-refractivity contribution in [2.24, 2.45) is 5.92 Å². The Morgan fingerprint density at radius 2 is 1.93 bits per heavy atom. The Kier molecular flexibility index (Phi) is 5.72. The number of amides is 1. The molecule has 7 heteroatoms. The number of nitrogens with zero attached hydrogens (tertiary/aromatic N) is 2. The average molecular weight is 414 g/mol. The number of nitrogens with one attached hydrogen (secondary N) is 1. The zero-order chi connectivity index (χ0) is 20.4. The van der Waals surface area contributed by atoms with Crippen LogP contribution in [0, 0.1) is 5.92 Å². The van der Waals surface area contributed by atoms with Crippen LogP contribution in [0.1, 0.15) is 24.0 Å². The molecular weight excluding hydrogens is 386 g/mol. The van der Waals surface area contributed by atoms with Gasteiger partial charge in [-0.3, -0.25) is 9.69 Å². The molecule has 6 nitrogen and oxygen atoms in total. The quantitative estimate of drug-likeness (QED) is 0.817. The smallest absolute Gasteiger partial charge is 0.240 e. The van der Waals surface area contributed by atoms with E-state index < -0.39 is 10.0 Å². The maximum absolute atomic E-state index is 13.3. The largest absolute Gasteiger partial charge is 0.312 e. The van der Waals surface area contributed by atoms with Crippen LogP contribution in [-0.4, -0.2) is 45.9 Å². The number of carbonyl (C=O) groups is 1. The van der Waals surface area contributed by atoms with E-state index in [0.717, 1.165) is 43.7 Å². The molecular formula is C22H27N3O3S. The van der Waals surface area contributed by atoms with E-state index in [1.165, 1.54) is 12.6 Å². The normalized spacial score (nSPS) is 19.9.